The molecule has 1 heterocycles. The Kier molecular flexibility index (Phi) is 3.70. The van der Waals surface area contributed by atoms with Gasteiger partial charge in [0.25, 0.3) is 0 Å². The molecule has 2 rings (SSSR count). The van der Waals surface area contributed by atoms with Gasteiger partial charge in [0.05, 0.1) is 0 Å². The highest BCUT2D eigenvalue weighted by molar-refractivity contribution is 7.11. The Hall–Kier alpha value is -0.480. The largest absolute Gasteiger partial charge is 0.319 e. The van der Waals surface area contributed by atoms with Gasteiger partial charge in [0, 0.05) is 18.9 Å². The highest BCUT2D eigenvalue weighted by Crippen LogP contribution is 2.40. The van der Waals surface area contributed by atoms with Crippen molar-refractivity contribution in [3.8, 4) is 0 Å². The summed E-state index contributed by atoms with van der Waals surface area (Å²) in [5.41, 5.74) is 0. The van der Waals surface area contributed by atoms with Crippen molar-refractivity contribution in [2.24, 2.45) is 5.92 Å². The molecule has 1 aromatic rings. The molecule has 0 aliphatic heterocycles. The van der Waals surface area contributed by atoms with Gasteiger partial charge in [-0.25, -0.2) is 0 Å². The number of nitrogens with zero attached hydrogens (tertiary/aromatic N) is 2. The number of rotatable bonds is 4. The maximum absolute atomic E-state index is 4.34. The minimum Gasteiger partial charge on any atom is -0.319 e. The van der Waals surface area contributed by atoms with E-state index < -0.39 is 0 Å². The summed E-state index contributed by atoms with van der Waals surface area (Å²) in [7, 11) is 1.97. The molecule has 1 saturated carbocycles. The first-order chi connectivity index (χ1) is 7.31. The van der Waals surface area contributed by atoms with Crippen molar-refractivity contribution < 1.29 is 0 Å². The van der Waals surface area contributed by atoms with Gasteiger partial charge in [0.2, 0.25) is 0 Å². The van der Waals surface area contributed by atoms with Crippen LogP contribution in [0.15, 0.2) is 0 Å². The fraction of sp³-hybridized carbons (Fsp3) is 0.818. The molecule has 2 unspecified atom stereocenters. The van der Waals surface area contributed by atoms with Crippen LogP contribution in [0.5, 0.6) is 0 Å². The molecule has 1 aliphatic rings. The molecule has 1 aromatic heterocycles. The van der Waals surface area contributed by atoms with Gasteiger partial charge >= 0.3 is 0 Å². The third kappa shape index (κ3) is 2.55. The zero-order chi connectivity index (χ0) is 10.7. The van der Waals surface area contributed by atoms with E-state index in [0.29, 0.717) is 5.92 Å². The Morgan fingerprint density at radius 2 is 2.27 bits per heavy atom. The van der Waals surface area contributed by atoms with Crippen LogP contribution in [0.1, 0.15) is 42.1 Å². The summed E-state index contributed by atoms with van der Waals surface area (Å²) in [5.74, 6) is 1.49. The van der Waals surface area contributed by atoms with Crippen LogP contribution in [0, 0.1) is 5.92 Å². The second-order valence-corrected chi connectivity index (χ2v) is 5.50. The highest BCUT2D eigenvalue weighted by Gasteiger charge is 2.27. The van der Waals surface area contributed by atoms with E-state index in [1.165, 1.54) is 29.3 Å². The van der Waals surface area contributed by atoms with Crippen molar-refractivity contribution in [2.75, 3.05) is 13.6 Å². The number of aromatic nitrogens is 2. The molecule has 0 amide bonds. The van der Waals surface area contributed by atoms with E-state index in [1.807, 2.05) is 18.4 Å². The molecule has 0 spiro atoms. The molecule has 3 nitrogen and oxygen atoms in total. The van der Waals surface area contributed by atoms with Crippen LogP contribution in [0.4, 0.5) is 0 Å². The van der Waals surface area contributed by atoms with E-state index in [-0.39, 0.29) is 0 Å². The number of nitrogens with one attached hydrogen (secondary N) is 1. The molecule has 0 saturated heterocycles. The number of likely N-dealkylation sites (N-methyl/N-ethyl adjacent to an activating group) is 1. The Balaban J connectivity index is 1.99. The average Bonchev–Trinajstić information content (AvgIpc) is 2.83. The molecule has 0 radical (unpaired) electrons. The third-order valence-electron chi connectivity index (χ3n) is 3.25. The first-order valence-electron chi connectivity index (χ1n) is 5.78. The van der Waals surface area contributed by atoms with Gasteiger partial charge < -0.3 is 5.32 Å². The zero-order valence-corrected chi connectivity index (χ0v) is 10.3. The summed E-state index contributed by atoms with van der Waals surface area (Å²) < 4.78 is 0. The van der Waals surface area contributed by atoms with Crippen molar-refractivity contribution >= 4 is 11.3 Å². The third-order valence-corrected chi connectivity index (χ3v) is 4.36. The fourth-order valence-electron chi connectivity index (χ4n) is 2.26. The van der Waals surface area contributed by atoms with Crippen LogP contribution in [-0.2, 0) is 6.42 Å². The van der Waals surface area contributed by atoms with Crippen molar-refractivity contribution in [1.82, 2.24) is 15.5 Å². The minimum absolute atomic E-state index is 0.686. The Morgan fingerprint density at radius 3 is 2.93 bits per heavy atom. The van der Waals surface area contributed by atoms with Crippen LogP contribution >= 0.6 is 11.3 Å². The average molecular weight is 225 g/mol. The SMILES string of the molecule is CNCCc1nnc(C2CCCC2C)s1. The van der Waals surface area contributed by atoms with Crippen LogP contribution in [0.3, 0.4) is 0 Å². The number of hydrogen-bond donors (Lipinski definition) is 1. The zero-order valence-electron chi connectivity index (χ0n) is 9.49. The fourth-order valence-corrected chi connectivity index (χ4v) is 3.37. The highest BCUT2D eigenvalue weighted by atomic mass is 32.1. The van der Waals surface area contributed by atoms with E-state index >= 15 is 0 Å². The lowest BCUT2D eigenvalue weighted by molar-refractivity contribution is 0.527. The van der Waals surface area contributed by atoms with Crippen LogP contribution < -0.4 is 5.32 Å². The lowest BCUT2D eigenvalue weighted by Crippen LogP contribution is -2.09. The van der Waals surface area contributed by atoms with Gasteiger partial charge in [-0.2, -0.15) is 0 Å². The van der Waals surface area contributed by atoms with Crippen LogP contribution in [0.25, 0.3) is 0 Å². The van der Waals surface area contributed by atoms with Crippen molar-refractivity contribution in [2.45, 2.75) is 38.5 Å². The van der Waals surface area contributed by atoms with Gasteiger partial charge in [-0.05, 0) is 19.4 Å². The van der Waals surface area contributed by atoms with Crippen LogP contribution in [0.2, 0.25) is 0 Å². The molecule has 2 atom stereocenters. The summed E-state index contributed by atoms with van der Waals surface area (Å²) in [6.07, 6.45) is 5.03. The lowest BCUT2D eigenvalue weighted by atomic mass is 9.99. The molecule has 4 heteroatoms. The summed E-state index contributed by atoms with van der Waals surface area (Å²) >= 11 is 1.81. The predicted octanol–water partition coefficient (Wildman–Crippen LogP) is 2.20. The lowest BCUT2D eigenvalue weighted by Gasteiger charge is -2.10. The molecular weight excluding hydrogens is 206 g/mol. The topological polar surface area (TPSA) is 37.8 Å². The summed E-state index contributed by atoms with van der Waals surface area (Å²) in [5, 5.41) is 14.2. The van der Waals surface area contributed by atoms with E-state index in [4.69, 9.17) is 0 Å². The monoisotopic (exact) mass is 225 g/mol. The maximum Gasteiger partial charge on any atom is 0.120 e. The molecule has 15 heavy (non-hydrogen) atoms. The van der Waals surface area contributed by atoms with Gasteiger partial charge in [0.1, 0.15) is 10.0 Å². The quantitative estimate of drug-likeness (QED) is 0.853. The summed E-state index contributed by atoms with van der Waals surface area (Å²) in [6.45, 7) is 3.33. The first kappa shape index (κ1) is 11.0. The summed E-state index contributed by atoms with van der Waals surface area (Å²) in [4.78, 5) is 0. The van der Waals surface area contributed by atoms with E-state index in [2.05, 4.69) is 22.4 Å². The molecule has 1 aliphatic carbocycles. The standard InChI is InChI=1S/C11H19N3S/c1-8-4-3-5-9(8)11-14-13-10(15-11)6-7-12-2/h8-9,12H,3-7H2,1-2H3. The Labute approximate surface area is 95.3 Å². The first-order valence-corrected chi connectivity index (χ1v) is 6.59. The maximum atomic E-state index is 4.34. The van der Waals surface area contributed by atoms with E-state index in [1.54, 1.807) is 0 Å². The minimum atomic E-state index is 0.686. The number of hydrogen-bond acceptors (Lipinski definition) is 4. The molecule has 0 bridgehead atoms. The van der Waals surface area contributed by atoms with E-state index in [9.17, 15) is 0 Å². The van der Waals surface area contributed by atoms with Crippen molar-refractivity contribution in [3.05, 3.63) is 10.0 Å². The van der Waals surface area contributed by atoms with Crippen LogP contribution in [-0.4, -0.2) is 23.8 Å². The van der Waals surface area contributed by atoms with Gasteiger partial charge in [-0.15, -0.1) is 21.5 Å². The Morgan fingerprint density at radius 1 is 1.40 bits per heavy atom. The normalized spacial score (nSPS) is 26.0. The van der Waals surface area contributed by atoms with Crippen molar-refractivity contribution in [1.29, 1.82) is 0 Å². The second kappa shape index (κ2) is 5.03. The van der Waals surface area contributed by atoms with E-state index in [0.717, 1.165) is 18.9 Å². The van der Waals surface area contributed by atoms with Crippen molar-refractivity contribution in [3.63, 3.8) is 0 Å². The second-order valence-electron chi connectivity index (χ2n) is 4.40. The smallest absolute Gasteiger partial charge is 0.120 e. The molecule has 84 valence electrons. The van der Waals surface area contributed by atoms with Gasteiger partial charge in [0.15, 0.2) is 0 Å². The molecule has 1 N–H and O–H groups in total. The predicted molar refractivity (Wildman–Crippen MR) is 63.3 cm³/mol. The molecule has 0 aromatic carbocycles. The van der Waals surface area contributed by atoms with Gasteiger partial charge in [-0.1, -0.05) is 19.8 Å². The summed E-state index contributed by atoms with van der Waals surface area (Å²) in [6, 6.07) is 0. The molecular formula is C11H19N3S. The molecule has 1 fully saturated rings. The van der Waals surface area contributed by atoms with Gasteiger partial charge in [-0.3, -0.25) is 0 Å². The Bertz CT molecular complexity index is 311.